The predicted octanol–water partition coefficient (Wildman–Crippen LogP) is 2.27. The summed E-state index contributed by atoms with van der Waals surface area (Å²) in [7, 11) is 0. The van der Waals surface area contributed by atoms with Crippen LogP contribution in [-0.4, -0.2) is 34.3 Å². The van der Waals surface area contributed by atoms with E-state index in [0.717, 1.165) is 0 Å². The van der Waals surface area contributed by atoms with Gasteiger partial charge in [0.15, 0.2) is 5.69 Å². The first kappa shape index (κ1) is 15.6. The average molecular weight is 334 g/mol. The molecule has 1 N–H and O–H groups in total. The first-order valence-electron chi connectivity index (χ1n) is 7.32. The molecule has 1 amide bonds. The highest BCUT2D eigenvalue weighted by molar-refractivity contribution is 6.32. The number of amides is 1. The number of nitrogens with one attached hydrogen (secondary N) is 1. The predicted molar refractivity (Wildman–Crippen MR) is 84.8 cm³/mol. The summed E-state index contributed by atoms with van der Waals surface area (Å²) < 4.78 is 6.82. The smallest absolute Gasteiger partial charge is 0.359 e. The van der Waals surface area contributed by atoms with Gasteiger partial charge >= 0.3 is 5.97 Å². The van der Waals surface area contributed by atoms with Crippen molar-refractivity contribution in [3.8, 4) is 5.69 Å². The molecule has 1 aromatic heterocycles. The van der Waals surface area contributed by atoms with Gasteiger partial charge in [0.05, 0.1) is 16.8 Å². The van der Waals surface area contributed by atoms with Crippen molar-refractivity contribution in [2.24, 2.45) is 0 Å². The number of carbonyl (C=O) groups is 2. The average Bonchev–Trinajstić information content (AvgIpc) is 3.11. The Bertz CT molecular complexity index is 757. The van der Waals surface area contributed by atoms with Crippen LogP contribution in [0, 0.1) is 6.92 Å². The largest absolute Gasteiger partial charge is 0.459 e. The molecule has 1 atom stereocenters. The number of halogens is 1. The number of carbonyl (C=O) groups excluding carboxylic acids is 2. The Morgan fingerprint density at radius 1 is 1.48 bits per heavy atom. The molecule has 2 aromatic rings. The third kappa shape index (κ3) is 3.37. The number of ether oxygens (including phenoxy) is 1. The second-order valence-corrected chi connectivity index (χ2v) is 5.87. The standard InChI is InChI=1S/C16H16ClN3O3/c1-10-8-20(13-5-3-2-4-12(13)17)19-15(10)16(22)23-9-11-6-7-14(21)18-11/h2-5,8,11H,6-7,9H2,1H3,(H,18,21)/t11-/m0/s1. The highest BCUT2D eigenvalue weighted by Gasteiger charge is 2.23. The zero-order chi connectivity index (χ0) is 16.4. The van der Waals surface area contributed by atoms with Crippen LogP contribution in [0.15, 0.2) is 30.5 Å². The van der Waals surface area contributed by atoms with E-state index in [9.17, 15) is 9.59 Å². The molecule has 0 spiro atoms. The molecule has 0 bridgehead atoms. The van der Waals surface area contributed by atoms with E-state index in [1.807, 2.05) is 18.2 Å². The number of benzene rings is 1. The van der Waals surface area contributed by atoms with E-state index in [1.54, 1.807) is 23.9 Å². The van der Waals surface area contributed by atoms with Crippen molar-refractivity contribution in [1.29, 1.82) is 0 Å². The summed E-state index contributed by atoms with van der Waals surface area (Å²) in [5.41, 5.74) is 1.64. The maximum Gasteiger partial charge on any atom is 0.359 e. The number of rotatable bonds is 4. The van der Waals surface area contributed by atoms with Crippen molar-refractivity contribution in [3.05, 3.63) is 46.7 Å². The lowest BCUT2D eigenvalue weighted by Gasteiger charge is -2.09. The lowest BCUT2D eigenvalue weighted by molar-refractivity contribution is -0.119. The molecule has 0 aliphatic carbocycles. The molecule has 0 unspecified atom stereocenters. The fourth-order valence-electron chi connectivity index (χ4n) is 2.47. The monoisotopic (exact) mass is 333 g/mol. The van der Waals surface area contributed by atoms with Crippen LogP contribution in [-0.2, 0) is 9.53 Å². The number of aryl methyl sites for hydroxylation is 1. The van der Waals surface area contributed by atoms with E-state index >= 15 is 0 Å². The lowest BCUT2D eigenvalue weighted by atomic mass is 10.2. The van der Waals surface area contributed by atoms with Crippen LogP contribution < -0.4 is 5.32 Å². The van der Waals surface area contributed by atoms with Crippen molar-refractivity contribution in [1.82, 2.24) is 15.1 Å². The number of esters is 1. The van der Waals surface area contributed by atoms with E-state index in [0.29, 0.717) is 29.1 Å². The minimum Gasteiger partial charge on any atom is -0.459 e. The first-order chi connectivity index (χ1) is 11.0. The SMILES string of the molecule is Cc1cn(-c2ccccc2Cl)nc1C(=O)OC[C@@H]1CCC(=O)N1. The van der Waals surface area contributed by atoms with Gasteiger partial charge in [-0.05, 0) is 25.5 Å². The summed E-state index contributed by atoms with van der Waals surface area (Å²) in [6.45, 7) is 1.94. The minimum absolute atomic E-state index is 0.00905. The Morgan fingerprint density at radius 2 is 2.26 bits per heavy atom. The van der Waals surface area contributed by atoms with Gasteiger partial charge in [-0.25, -0.2) is 9.48 Å². The van der Waals surface area contributed by atoms with Crippen LogP contribution in [0.1, 0.15) is 28.9 Å². The topological polar surface area (TPSA) is 73.2 Å². The molecule has 2 heterocycles. The molecule has 1 fully saturated rings. The summed E-state index contributed by atoms with van der Waals surface area (Å²) in [6.07, 6.45) is 2.89. The van der Waals surface area contributed by atoms with Gasteiger partial charge in [0, 0.05) is 18.2 Å². The summed E-state index contributed by atoms with van der Waals surface area (Å²) in [6, 6.07) is 7.14. The fourth-order valence-corrected chi connectivity index (χ4v) is 2.69. The Hall–Kier alpha value is -2.34. The maximum absolute atomic E-state index is 12.2. The van der Waals surface area contributed by atoms with E-state index in [2.05, 4.69) is 10.4 Å². The summed E-state index contributed by atoms with van der Waals surface area (Å²) in [5, 5.41) is 7.57. The normalized spacial score (nSPS) is 17.1. The summed E-state index contributed by atoms with van der Waals surface area (Å²) >= 11 is 6.14. The van der Waals surface area contributed by atoms with Gasteiger partial charge < -0.3 is 10.1 Å². The number of aromatic nitrogens is 2. The van der Waals surface area contributed by atoms with Crippen molar-refractivity contribution in [3.63, 3.8) is 0 Å². The Kier molecular flexibility index (Phi) is 4.34. The van der Waals surface area contributed by atoms with Crippen LogP contribution in [0.5, 0.6) is 0 Å². The summed E-state index contributed by atoms with van der Waals surface area (Å²) in [5.74, 6) is -0.514. The molecule has 120 valence electrons. The lowest BCUT2D eigenvalue weighted by Crippen LogP contribution is -2.30. The molecule has 6 nitrogen and oxygen atoms in total. The van der Waals surface area contributed by atoms with Gasteiger partial charge in [0.2, 0.25) is 5.91 Å². The molecule has 3 rings (SSSR count). The third-order valence-electron chi connectivity index (χ3n) is 3.69. The minimum atomic E-state index is -0.505. The highest BCUT2D eigenvalue weighted by atomic mass is 35.5. The van der Waals surface area contributed by atoms with Crippen LogP contribution in [0.25, 0.3) is 5.69 Å². The highest BCUT2D eigenvalue weighted by Crippen LogP contribution is 2.21. The number of hydrogen-bond acceptors (Lipinski definition) is 4. The van der Waals surface area contributed by atoms with Crippen LogP contribution in [0.4, 0.5) is 0 Å². The van der Waals surface area contributed by atoms with Crippen molar-refractivity contribution < 1.29 is 14.3 Å². The van der Waals surface area contributed by atoms with Gasteiger partial charge in [-0.1, -0.05) is 23.7 Å². The second kappa shape index (κ2) is 6.42. The Labute approximate surface area is 138 Å². The second-order valence-electron chi connectivity index (χ2n) is 5.46. The zero-order valence-corrected chi connectivity index (χ0v) is 13.3. The number of hydrogen-bond donors (Lipinski definition) is 1. The molecular weight excluding hydrogens is 318 g/mol. The summed E-state index contributed by atoms with van der Waals surface area (Å²) in [4.78, 5) is 23.3. The first-order valence-corrected chi connectivity index (χ1v) is 7.70. The maximum atomic E-state index is 12.2. The van der Waals surface area contributed by atoms with Gasteiger partial charge in [-0.2, -0.15) is 5.10 Å². The van der Waals surface area contributed by atoms with Crippen molar-refractivity contribution >= 4 is 23.5 Å². The van der Waals surface area contributed by atoms with Gasteiger partial charge in [0.1, 0.15) is 6.61 Å². The molecule has 0 saturated carbocycles. The molecule has 1 aliphatic heterocycles. The Balaban J connectivity index is 1.72. The quantitative estimate of drug-likeness (QED) is 0.871. The molecular formula is C16H16ClN3O3. The Morgan fingerprint density at radius 3 is 2.96 bits per heavy atom. The van der Waals surface area contributed by atoms with Gasteiger partial charge in [0.25, 0.3) is 0 Å². The number of para-hydroxylation sites is 1. The zero-order valence-electron chi connectivity index (χ0n) is 12.6. The van der Waals surface area contributed by atoms with E-state index in [-0.39, 0.29) is 24.2 Å². The van der Waals surface area contributed by atoms with E-state index in [1.165, 1.54) is 0 Å². The molecule has 0 radical (unpaired) electrons. The fraction of sp³-hybridized carbons (Fsp3) is 0.312. The number of nitrogens with zero attached hydrogens (tertiary/aromatic N) is 2. The van der Waals surface area contributed by atoms with Gasteiger partial charge in [-0.15, -0.1) is 0 Å². The molecule has 1 aliphatic rings. The van der Waals surface area contributed by atoms with E-state index < -0.39 is 5.97 Å². The van der Waals surface area contributed by atoms with Gasteiger partial charge in [-0.3, -0.25) is 4.79 Å². The van der Waals surface area contributed by atoms with Crippen molar-refractivity contribution in [2.45, 2.75) is 25.8 Å². The van der Waals surface area contributed by atoms with Crippen LogP contribution in [0.2, 0.25) is 5.02 Å². The van der Waals surface area contributed by atoms with Crippen LogP contribution >= 0.6 is 11.6 Å². The van der Waals surface area contributed by atoms with E-state index in [4.69, 9.17) is 16.3 Å². The molecule has 1 saturated heterocycles. The van der Waals surface area contributed by atoms with Crippen LogP contribution in [0.3, 0.4) is 0 Å². The molecule has 23 heavy (non-hydrogen) atoms. The molecule has 7 heteroatoms. The third-order valence-corrected chi connectivity index (χ3v) is 4.01. The van der Waals surface area contributed by atoms with Crippen molar-refractivity contribution in [2.75, 3.05) is 6.61 Å². The molecule has 1 aromatic carbocycles.